The lowest BCUT2D eigenvalue weighted by Crippen LogP contribution is -2.47. The molecule has 1 unspecified atom stereocenters. The van der Waals surface area contributed by atoms with E-state index in [1.807, 2.05) is 13.0 Å². The number of rotatable bonds is 3. The number of amides is 1. The quantitative estimate of drug-likeness (QED) is 0.893. The zero-order valence-corrected chi connectivity index (χ0v) is 10.7. The SMILES string of the molecule is CCC(=O)NC1CCCN(c2cccc(F)c2)C1. The Bertz CT molecular complexity index is 422. The van der Waals surface area contributed by atoms with Crippen molar-refractivity contribution in [3.8, 4) is 0 Å². The van der Waals surface area contributed by atoms with Crippen molar-refractivity contribution in [2.24, 2.45) is 0 Å². The molecule has 1 saturated heterocycles. The molecule has 0 aromatic heterocycles. The van der Waals surface area contributed by atoms with Gasteiger partial charge in [-0.25, -0.2) is 4.39 Å². The van der Waals surface area contributed by atoms with Gasteiger partial charge >= 0.3 is 0 Å². The molecule has 1 aromatic rings. The smallest absolute Gasteiger partial charge is 0.219 e. The highest BCUT2D eigenvalue weighted by Gasteiger charge is 2.21. The van der Waals surface area contributed by atoms with Crippen molar-refractivity contribution in [2.45, 2.75) is 32.2 Å². The van der Waals surface area contributed by atoms with E-state index >= 15 is 0 Å². The molecule has 1 heterocycles. The van der Waals surface area contributed by atoms with Gasteiger partial charge in [0.05, 0.1) is 0 Å². The average Bonchev–Trinajstić information content (AvgIpc) is 2.39. The molecule has 1 aliphatic heterocycles. The Labute approximate surface area is 107 Å². The Balaban J connectivity index is 2.00. The summed E-state index contributed by atoms with van der Waals surface area (Å²) in [4.78, 5) is 13.5. The maximum atomic E-state index is 13.2. The van der Waals surface area contributed by atoms with E-state index in [2.05, 4.69) is 10.2 Å². The number of carbonyl (C=O) groups is 1. The number of piperidine rings is 1. The van der Waals surface area contributed by atoms with Gasteiger partial charge in [0.2, 0.25) is 5.91 Å². The molecule has 1 N–H and O–H groups in total. The molecular formula is C14H19FN2O. The summed E-state index contributed by atoms with van der Waals surface area (Å²) >= 11 is 0. The molecule has 1 aliphatic rings. The van der Waals surface area contributed by atoms with E-state index in [4.69, 9.17) is 0 Å². The van der Waals surface area contributed by atoms with Gasteiger partial charge in [0.1, 0.15) is 5.82 Å². The molecule has 2 rings (SSSR count). The van der Waals surface area contributed by atoms with Crippen LogP contribution in [0.2, 0.25) is 0 Å². The van der Waals surface area contributed by atoms with E-state index < -0.39 is 0 Å². The molecule has 1 aromatic carbocycles. The Morgan fingerprint density at radius 2 is 2.39 bits per heavy atom. The molecule has 0 radical (unpaired) electrons. The third kappa shape index (κ3) is 3.22. The first kappa shape index (κ1) is 12.9. The standard InChI is InChI=1S/C14H19FN2O/c1-2-14(18)16-12-6-4-8-17(10-12)13-7-3-5-11(15)9-13/h3,5,7,9,12H,2,4,6,8,10H2,1H3,(H,16,18). The van der Waals surface area contributed by atoms with Crippen LogP contribution in [0.15, 0.2) is 24.3 Å². The Kier molecular flexibility index (Phi) is 4.18. The van der Waals surface area contributed by atoms with Crippen molar-refractivity contribution < 1.29 is 9.18 Å². The highest BCUT2D eigenvalue weighted by molar-refractivity contribution is 5.75. The number of carbonyl (C=O) groups excluding carboxylic acids is 1. The zero-order chi connectivity index (χ0) is 13.0. The molecule has 98 valence electrons. The minimum Gasteiger partial charge on any atom is -0.369 e. The van der Waals surface area contributed by atoms with Crippen molar-refractivity contribution in [2.75, 3.05) is 18.0 Å². The van der Waals surface area contributed by atoms with Crippen molar-refractivity contribution in [1.82, 2.24) is 5.32 Å². The second-order valence-corrected chi connectivity index (χ2v) is 4.69. The van der Waals surface area contributed by atoms with Gasteiger partial charge in [0.15, 0.2) is 0 Å². The van der Waals surface area contributed by atoms with Gasteiger partial charge in [0, 0.05) is 31.2 Å². The van der Waals surface area contributed by atoms with E-state index in [1.54, 1.807) is 12.1 Å². The van der Waals surface area contributed by atoms with Gasteiger partial charge in [0.25, 0.3) is 0 Å². The molecule has 4 heteroatoms. The van der Waals surface area contributed by atoms with Gasteiger partial charge in [-0.15, -0.1) is 0 Å². The summed E-state index contributed by atoms with van der Waals surface area (Å²) in [6, 6.07) is 6.80. The van der Waals surface area contributed by atoms with Gasteiger partial charge in [-0.05, 0) is 31.0 Å². The van der Waals surface area contributed by atoms with Gasteiger partial charge in [-0.1, -0.05) is 13.0 Å². The van der Waals surface area contributed by atoms with E-state index in [0.29, 0.717) is 6.42 Å². The van der Waals surface area contributed by atoms with Crippen LogP contribution in [-0.4, -0.2) is 25.0 Å². The van der Waals surface area contributed by atoms with Crippen molar-refractivity contribution in [1.29, 1.82) is 0 Å². The first-order chi connectivity index (χ1) is 8.69. The van der Waals surface area contributed by atoms with Gasteiger partial charge in [-0.2, -0.15) is 0 Å². The fourth-order valence-electron chi connectivity index (χ4n) is 2.33. The number of nitrogens with one attached hydrogen (secondary N) is 1. The van der Waals surface area contributed by atoms with Crippen LogP contribution in [0.4, 0.5) is 10.1 Å². The number of anilines is 1. The Morgan fingerprint density at radius 1 is 1.56 bits per heavy atom. The fraction of sp³-hybridized carbons (Fsp3) is 0.500. The maximum absolute atomic E-state index is 13.2. The Hall–Kier alpha value is -1.58. The lowest BCUT2D eigenvalue weighted by molar-refractivity contribution is -0.121. The van der Waals surface area contributed by atoms with Crippen LogP contribution in [0, 0.1) is 5.82 Å². The molecule has 1 atom stereocenters. The number of benzene rings is 1. The molecule has 3 nitrogen and oxygen atoms in total. The second-order valence-electron chi connectivity index (χ2n) is 4.69. The molecule has 0 spiro atoms. The molecule has 0 saturated carbocycles. The molecule has 18 heavy (non-hydrogen) atoms. The first-order valence-electron chi connectivity index (χ1n) is 6.49. The third-order valence-corrected chi connectivity index (χ3v) is 3.28. The van der Waals surface area contributed by atoms with Crippen LogP contribution in [0.25, 0.3) is 0 Å². The summed E-state index contributed by atoms with van der Waals surface area (Å²) < 4.78 is 13.2. The molecule has 1 fully saturated rings. The number of nitrogens with zero attached hydrogens (tertiary/aromatic N) is 1. The maximum Gasteiger partial charge on any atom is 0.219 e. The summed E-state index contributed by atoms with van der Waals surface area (Å²) in [5, 5.41) is 3.01. The van der Waals surface area contributed by atoms with Gasteiger partial charge in [-0.3, -0.25) is 4.79 Å². The van der Waals surface area contributed by atoms with E-state index in [-0.39, 0.29) is 17.8 Å². The summed E-state index contributed by atoms with van der Waals surface area (Å²) in [6.07, 6.45) is 2.53. The number of hydrogen-bond acceptors (Lipinski definition) is 2. The highest BCUT2D eigenvalue weighted by atomic mass is 19.1. The van der Waals surface area contributed by atoms with Crippen LogP contribution in [-0.2, 0) is 4.79 Å². The summed E-state index contributed by atoms with van der Waals surface area (Å²) in [5.41, 5.74) is 0.894. The average molecular weight is 250 g/mol. The molecule has 0 bridgehead atoms. The Morgan fingerprint density at radius 3 is 3.11 bits per heavy atom. The number of hydrogen-bond donors (Lipinski definition) is 1. The summed E-state index contributed by atoms with van der Waals surface area (Å²) in [7, 11) is 0. The normalized spacial score (nSPS) is 19.7. The van der Waals surface area contributed by atoms with Crippen molar-refractivity contribution in [3.63, 3.8) is 0 Å². The lowest BCUT2D eigenvalue weighted by Gasteiger charge is -2.34. The summed E-state index contributed by atoms with van der Waals surface area (Å²) in [5.74, 6) is -0.131. The zero-order valence-electron chi connectivity index (χ0n) is 10.7. The predicted octanol–water partition coefficient (Wildman–Crippen LogP) is 2.32. The van der Waals surface area contributed by atoms with Crippen LogP contribution in [0.5, 0.6) is 0 Å². The van der Waals surface area contributed by atoms with E-state index in [9.17, 15) is 9.18 Å². The number of halogens is 1. The van der Waals surface area contributed by atoms with Crippen molar-refractivity contribution in [3.05, 3.63) is 30.1 Å². The minimum atomic E-state index is -0.216. The van der Waals surface area contributed by atoms with Crippen LogP contribution < -0.4 is 10.2 Å². The monoisotopic (exact) mass is 250 g/mol. The van der Waals surface area contributed by atoms with Crippen LogP contribution in [0.3, 0.4) is 0 Å². The highest BCUT2D eigenvalue weighted by Crippen LogP contribution is 2.20. The molecule has 1 amide bonds. The lowest BCUT2D eigenvalue weighted by atomic mass is 10.0. The fourth-order valence-corrected chi connectivity index (χ4v) is 2.33. The topological polar surface area (TPSA) is 32.3 Å². The van der Waals surface area contributed by atoms with Crippen molar-refractivity contribution >= 4 is 11.6 Å². The van der Waals surface area contributed by atoms with Crippen LogP contribution in [0.1, 0.15) is 26.2 Å². The first-order valence-corrected chi connectivity index (χ1v) is 6.49. The van der Waals surface area contributed by atoms with Gasteiger partial charge < -0.3 is 10.2 Å². The largest absolute Gasteiger partial charge is 0.369 e. The molecule has 0 aliphatic carbocycles. The van der Waals surface area contributed by atoms with Crippen LogP contribution >= 0.6 is 0 Å². The molecular weight excluding hydrogens is 231 g/mol. The van der Waals surface area contributed by atoms with E-state index in [0.717, 1.165) is 31.6 Å². The predicted molar refractivity (Wildman–Crippen MR) is 70.1 cm³/mol. The minimum absolute atomic E-state index is 0.0843. The van der Waals surface area contributed by atoms with E-state index in [1.165, 1.54) is 6.07 Å². The third-order valence-electron chi connectivity index (χ3n) is 3.28. The summed E-state index contributed by atoms with van der Waals surface area (Å²) in [6.45, 7) is 3.53. The second kappa shape index (κ2) is 5.85.